The second kappa shape index (κ2) is 16.0. The van der Waals surface area contributed by atoms with Gasteiger partial charge in [-0.2, -0.15) is 0 Å². The van der Waals surface area contributed by atoms with Crippen molar-refractivity contribution in [3.8, 4) is 0 Å². The third-order valence-corrected chi connectivity index (χ3v) is 11.4. The van der Waals surface area contributed by atoms with Crippen LogP contribution in [-0.2, 0) is 43.4 Å². The average Bonchev–Trinajstić information content (AvgIpc) is 3.77. The lowest BCUT2D eigenvalue weighted by atomic mass is 9.84. The van der Waals surface area contributed by atoms with Crippen molar-refractivity contribution in [1.29, 1.82) is 0 Å². The molecule has 268 valence electrons. The molecule has 0 radical (unpaired) electrons. The van der Waals surface area contributed by atoms with E-state index in [1.165, 1.54) is 11.3 Å². The summed E-state index contributed by atoms with van der Waals surface area (Å²) in [5.74, 6) is -1.55. The van der Waals surface area contributed by atoms with Gasteiger partial charge in [-0.25, -0.2) is 0 Å². The molecule has 2 saturated heterocycles. The highest BCUT2D eigenvalue weighted by molar-refractivity contribution is 7.09. The number of nitrogens with two attached hydrogens (primary N) is 2. The largest absolute Gasteiger partial charge is 0.370 e. The molecule has 0 spiro atoms. The first kappa shape index (κ1) is 35.4. The van der Waals surface area contributed by atoms with Gasteiger partial charge in [-0.15, -0.1) is 11.3 Å². The standard InChI is InChI=1S/C36H48N8O5S/c37-36(38)40-16-5-12-26-32(46)39-15-6-14-31(45)41-27(20-25-11-7-17-50-25)34(48)43-21-24-10-2-1-8-22(24)18-30(43)35(49)44-28-13-4-3-9-23(28)19-29(44)33(47)42-26/h1-2,7-8,10-11,17,23,26-30H,3-6,9,12-16,18-21H2,(H,39,46)(H,41,45)(H,42,47)(H4,37,38,40)/t23-,26?,27-,28-,29-,30+/m0/s1. The van der Waals surface area contributed by atoms with E-state index in [1.54, 1.807) is 9.80 Å². The number of nitrogens with one attached hydrogen (secondary N) is 3. The molecule has 6 atom stereocenters. The molecule has 1 saturated carbocycles. The van der Waals surface area contributed by atoms with Crippen LogP contribution in [0.25, 0.3) is 0 Å². The molecular weight excluding hydrogens is 657 g/mol. The Labute approximate surface area is 296 Å². The minimum atomic E-state index is -0.887. The van der Waals surface area contributed by atoms with Gasteiger partial charge in [-0.05, 0) is 67.0 Å². The molecule has 50 heavy (non-hydrogen) atoms. The van der Waals surface area contributed by atoms with Crippen LogP contribution < -0.4 is 27.4 Å². The smallest absolute Gasteiger partial charge is 0.246 e. The number of carbonyl (C=O) groups excluding carboxylic acids is 5. The van der Waals surface area contributed by atoms with E-state index in [0.717, 1.165) is 41.7 Å². The first-order valence-electron chi connectivity index (χ1n) is 17.8. The number of hydrogen-bond acceptors (Lipinski definition) is 7. The topological polar surface area (TPSA) is 192 Å². The van der Waals surface area contributed by atoms with Gasteiger partial charge in [0.2, 0.25) is 29.5 Å². The molecule has 1 aromatic carbocycles. The Bertz CT molecular complexity index is 1590. The molecule has 14 heteroatoms. The summed E-state index contributed by atoms with van der Waals surface area (Å²) in [6, 6.07) is 8.11. The van der Waals surface area contributed by atoms with Gasteiger partial charge in [-0.1, -0.05) is 43.2 Å². The molecule has 0 bridgehead atoms. The lowest BCUT2D eigenvalue weighted by Crippen LogP contribution is -2.62. The number of fused-ring (bicyclic) bond motifs is 5. The van der Waals surface area contributed by atoms with Gasteiger partial charge in [0.15, 0.2) is 5.96 Å². The number of aliphatic imine (C=N–C) groups is 1. The summed E-state index contributed by atoms with van der Waals surface area (Å²) in [5, 5.41) is 10.7. The van der Waals surface area contributed by atoms with Crippen molar-refractivity contribution in [3.05, 3.63) is 57.8 Å². The van der Waals surface area contributed by atoms with Crippen LogP contribution in [0, 0.1) is 5.92 Å². The average molecular weight is 705 g/mol. The lowest BCUT2D eigenvalue weighted by Gasteiger charge is -2.42. The van der Waals surface area contributed by atoms with Crippen LogP contribution in [0.3, 0.4) is 0 Å². The van der Waals surface area contributed by atoms with Gasteiger partial charge < -0.3 is 37.2 Å². The SMILES string of the molecule is NC(N)=NCCCC1NC(=O)[C@@H]2C[C@@H]3CCCC[C@@H]3N2C(=O)[C@H]2Cc3ccccc3CN2C(=O)[C@H](Cc2cccs2)NC(=O)CCCNC1=O. The van der Waals surface area contributed by atoms with Crippen molar-refractivity contribution < 1.29 is 24.0 Å². The number of thiophene rings is 1. The predicted octanol–water partition coefficient (Wildman–Crippen LogP) is 1.34. The number of amides is 5. The van der Waals surface area contributed by atoms with Crippen LogP contribution >= 0.6 is 11.3 Å². The number of guanidine groups is 1. The van der Waals surface area contributed by atoms with Crippen molar-refractivity contribution in [3.63, 3.8) is 0 Å². The summed E-state index contributed by atoms with van der Waals surface area (Å²) in [6.45, 7) is 0.719. The predicted molar refractivity (Wildman–Crippen MR) is 190 cm³/mol. The molecule has 4 heterocycles. The van der Waals surface area contributed by atoms with E-state index >= 15 is 4.79 Å². The van der Waals surface area contributed by atoms with Crippen LogP contribution in [0.2, 0.25) is 0 Å². The first-order chi connectivity index (χ1) is 24.2. The molecule has 7 N–H and O–H groups in total. The van der Waals surface area contributed by atoms with Crippen molar-refractivity contribution in [1.82, 2.24) is 25.8 Å². The van der Waals surface area contributed by atoms with Gasteiger partial charge in [0.25, 0.3) is 0 Å². The van der Waals surface area contributed by atoms with Crippen molar-refractivity contribution in [2.45, 2.75) is 107 Å². The van der Waals surface area contributed by atoms with Crippen LogP contribution in [0.5, 0.6) is 0 Å². The normalized spacial score (nSPS) is 27.9. The second-order valence-electron chi connectivity index (χ2n) is 13.9. The van der Waals surface area contributed by atoms with E-state index in [4.69, 9.17) is 11.5 Å². The molecule has 3 fully saturated rings. The van der Waals surface area contributed by atoms with Crippen molar-refractivity contribution in [2.24, 2.45) is 22.4 Å². The zero-order chi connectivity index (χ0) is 35.2. The zero-order valence-corrected chi connectivity index (χ0v) is 29.2. The fraction of sp³-hybridized carbons (Fsp3) is 0.556. The monoisotopic (exact) mass is 704 g/mol. The maximum Gasteiger partial charge on any atom is 0.246 e. The zero-order valence-electron chi connectivity index (χ0n) is 28.4. The summed E-state index contributed by atoms with van der Waals surface area (Å²) in [5.41, 5.74) is 12.9. The molecule has 6 rings (SSSR count). The summed E-state index contributed by atoms with van der Waals surface area (Å²) < 4.78 is 0. The summed E-state index contributed by atoms with van der Waals surface area (Å²) in [6.07, 6.45) is 5.90. The molecule has 13 nitrogen and oxygen atoms in total. The number of carbonyl (C=O) groups is 5. The number of nitrogens with zero attached hydrogens (tertiary/aromatic N) is 3. The van der Waals surface area contributed by atoms with E-state index in [2.05, 4.69) is 20.9 Å². The van der Waals surface area contributed by atoms with E-state index in [1.807, 2.05) is 41.8 Å². The Morgan fingerprint density at radius 3 is 2.46 bits per heavy atom. The number of rotatable bonds is 6. The fourth-order valence-corrected chi connectivity index (χ4v) is 8.83. The molecule has 5 amide bonds. The molecule has 1 unspecified atom stereocenters. The van der Waals surface area contributed by atoms with E-state index in [-0.39, 0.29) is 73.4 Å². The molecule has 1 aliphatic carbocycles. The Kier molecular flexibility index (Phi) is 11.4. The quantitative estimate of drug-likeness (QED) is 0.170. The summed E-state index contributed by atoms with van der Waals surface area (Å²) in [7, 11) is 0. The third-order valence-electron chi connectivity index (χ3n) is 10.5. The van der Waals surface area contributed by atoms with Crippen LogP contribution in [0.1, 0.15) is 73.8 Å². The Morgan fingerprint density at radius 1 is 0.880 bits per heavy atom. The van der Waals surface area contributed by atoms with Crippen molar-refractivity contribution in [2.75, 3.05) is 13.1 Å². The highest BCUT2D eigenvalue weighted by Crippen LogP contribution is 2.41. The van der Waals surface area contributed by atoms with Crippen LogP contribution in [0.4, 0.5) is 0 Å². The van der Waals surface area contributed by atoms with Gasteiger partial charge in [0.1, 0.15) is 24.2 Å². The highest BCUT2D eigenvalue weighted by Gasteiger charge is 2.51. The Hall–Kier alpha value is -4.46. The maximum absolute atomic E-state index is 15.0. The van der Waals surface area contributed by atoms with Gasteiger partial charge >= 0.3 is 0 Å². The lowest BCUT2D eigenvalue weighted by molar-refractivity contribution is -0.153. The molecule has 4 aliphatic rings. The molecule has 2 aromatic rings. The minimum absolute atomic E-state index is 0.0520. The van der Waals surface area contributed by atoms with Crippen LogP contribution in [0.15, 0.2) is 46.8 Å². The second-order valence-corrected chi connectivity index (χ2v) is 14.9. The minimum Gasteiger partial charge on any atom is -0.370 e. The summed E-state index contributed by atoms with van der Waals surface area (Å²) in [4.78, 5) is 79.0. The summed E-state index contributed by atoms with van der Waals surface area (Å²) >= 11 is 1.51. The van der Waals surface area contributed by atoms with E-state index in [0.29, 0.717) is 38.6 Å². The van der Waals surface area contributed by atoms with Gasteiger partial charge in [-0.3, -0.25) is 29.0 Å². The van der Waals surface area contributed by atoms with E-state index in [9.17, 15) is 19.2 Å². The van der Waals surface area contributed by atoms with Crippen LogP contribution in [-0.4, -0.2) is 88.6 Å². The third kappa shape index (κ3) is 8.11. The van der Waals surface area contributed by atoms with Crippen molar-refractivity contribution >= 4 is 46.8 Å². The Balaban J connectivity index is 1.36. The van der Waals surface area contributed by atoms with Gasteiger partial charge in [0.05, 0.1) is 0 Å². The van der Waals surface area contributed by atoms with Gasteiger partial charge in [0, 0.05) is 49.8 Å². The molecule has 1 aromatic heterocycles. The molecular formula is C36H48N8O5S. The highest BCUT2D eigenvalue weighted by atomic mass is 32.1. The fourth-order valence-electron chi connectivity index (χ4n) is 8.08. The number of hydrogen-bond donors (Lipinski definition) is 5. The number of benzene rings is 1. The molecule has 3 aliphatic heterocycles. The first-order valence-corrected chi connectivity index (χ1v) is 18.7. The van der Waals surface area contributed by atoms with E-state index < -0.39 is 24.2 Å². The Morgan fingerprint density at radius 2 is 1.68 bits per heavy atom. The maximum atomic E-state index is 15.0.